The Bertz CT molecular complexity index is 799. The van der Waals surface area contributed by atoms with Gasteiger partial charge in [0.15, 0.2) is 11.6 Å². The second-order valence-corrected chi connectivity index (χ2v) is 7.85. The highest BCUT2D eigenvalue weighted by Crippen LogP contribution is 2.41. The van der Waals surface area contributed by atoms with Crippen molar-refractivity contribution in [1.29, 1.82) is 0 Å². The molecule has 150 valence electrons. The molecule has 6 heteroatoms. The van der Waals surface area contributed by atoms with Crippen molar-refractivity contribution in [2.24, 2.45) is 11.8 Å². The number of hydrogen-bond acceptors (Lipinski definition) is 5. The van der Waals surface area contributed by atoms with Crippen molar-refractivity contribution >= 4 is 0 Å². The van der Waals surface area contributed by atoms with Gasteiger partial charge in [-0.25, -0.2) is 4.39 Å². The number of aliphatic hydroxyl groups is 1. The van der Waals surface area contributed by atoms with Gasteiger partial charge in [-0.15, -0.1) is 0 Å². The van der Waals surface area contributed by atoms with Crippen LogP contribution in [0.3, 0.4) is 0 Å². The van der Waals surface area contributed by atoms with Crippen LogP contribution in [-0.2, 0) is 0 Å². The average molecular weight is 387 g/mol. The molecule has 1 heterocycles. The van der Waals surface area contributed by atoms with Crippen molar-refractivity contribution in [1.82, 2.24) is 4.90 Å². The summed E-state index contributed by atoms with van der Waals surface area (Å²) < 4.78 is 25.1. The van der Waals surface area contributed by atoms with Gasteiger partial charge >= 0.3 is 0 Å². The van der Waals surface area contributed by atoms with E-state index in [0.29, 0.717) is 24.1 Å². The van der Waals surface area contributed by atoms with Gasteiger partial charge < -0.3 is 19.7 Å². The molecular weight excluding hydrogens is 361 g/mol. The van der Waals surface area contributed by atoms with Gasteiger partial charge in [-0.2, -0.15) is 0 Å². The zero-order chi connectivity index (χ0) is 19.7. The van der Waals surface area contributed by atoms with Gasteiger partial charge in [0, 0.05) is 25.7 Å². The highest BCUT2D eigenvalue weighted by molar-refractivity contribution is 5.34. The van der Waals surface area contributed by atoms with Crippen LogP contribution in [0.5, 0.6) is 17.2 Å². The van der Waals surface area contributed by atoms with Gasteiger partial charge in [0.1, 0.15) is 11.5 Å². The molecule has 2 aliphatic rings. The van der Waals surface area contributed by atoms with Crippen LogP contribution in [0.2, 0.25) is 0 Å². The highest BCUT2D eigenvalue weighted by atomic mass is 19.1. The maximum absolute atomic E-state index is 14.0. The number of fused-ring (bicyclic) bond motifs is 1. The van der Waals surface area contributed by atoms with E-state index in [1.807, 2.05) is 0 Å². The van der Waals surface area contributed by atoms with Crippen LogP contribution in [0, 0.1) is 17.7 Å². The van der Waals surface area contributed by atoms with Crippen LogP contribution in [0.4, 0.5) is 4.39 Å². The second kappa shape index (κ2) is 7.97. The fourth-order valence-corrected chi connectivity index (χ4v) is 4.51. The Labute approximate surface area is 164 Å². The summed E-state index contributed by atoms with van der Waals surface area (Å²) in [5.41, 5.74) is 0.810. The lowest BCUT2D eigenvalue weighted by molar-refractivity contribution is 0.115. The zero-order valence-electron chi connectivity index (χ0n) is 15.9. The van der Waals surface area contributed by atoms with Crippen LogP contribution in [0.25, 0.3) is 0 Å². The Morgan fingerprint density at radius 2 is 1.79 bits per heavy atom. The van der Waals surface area contributed by atoms with E-state index in [0.717, 1.165) is 31.5 Å². The van der Waals surface area contributed by atoms with E-state index in [1.165, 1.54) is 6.07 Å². The topological polar surface area (TPSA) is 62.2 Å². The highest BCUT2D eigenvalue weighted by Gasteiger charge is 2.42. The Kier molecular flexibility index (Phi) is 5.42. The van der Waals surface area contributed by atoms with Gasteiger partial charge in [0.05, 0.1) is 19.3 Å². The number of methoxy groups -OCH3 is 1. The molecular formula is C22H26FNO4. The number of nitrogens with zero attached hydrogens (tertiary/aromatic N) is 1. The summed E-state index contributed by atoms with van der Waals surface area (Å²) in [6, 6.07) is 11.3. The molecule has 5 nitrogen and oxygen atoms in total. The zero-order valence-corrected chi connectivity index (χ0v) is 15.9. The third-order valence-electron chi connectivity index (χ3n) is 5.92. The summed E-state index contributed by atoms with van der Waals surface area (Å²) in [4.78, 5) is 2.29. The number of phenolic OH excluding ortho intramolecular Hbond substituents is 1. The van der Waals surface area contributed by atoms with Gasteiger partial charge in [-0.3, -0.25) is 4.90 Å². The molecule has 4 rings (SSSR count). The summed E-state index contributed by atoms with van der Waals surface area (Å²) in [5, 5.41) is 19.8. The maximum atomic E-state index is 14.0. The molecule has 0 amide bonds. The Morgan fingerprint density at radius 1 is 1.11 bits per heavy atom. The van der Waals surface area contributed by atoms with Crippen molar-refractivity contribution in [2.75, 3.05) is 26.7 Å². The minimum absolute atomic E-state index is 0.0146. The predicted octanol–water partition coefficient (Wildman–Crippen LogP) is 3.36. The molecule has 28 heavy (non-hydrogen) atoms. The van der Waals surface area contributed by atoms with Crippen molar-refractivity contribution in [3.05, 3.63) is 53.8 Å². The fraction of sp³-hybridized carbons (Fsp3) is 0.455. The SMILES string of the molecule is COc1ccc(F)c(O[C@@H]2C[C@@H]3CN(CC(O)c4ccc(O)cc4)C[C@@H]3C2)c1. The molecule has 1 saturated carbocycles. The van der Waals surface area contributed by atoms with Crippen LogP contribution in [0.1, 0.15) is 24.5 Å². The van der Waals surface area contributed by atoms with Crippen LogP contribution >= 0.6 is 0 Å². The normalized spacial score (nSPS) is 25.5. The summed E-state index contributed by atoms with van der Waals surface area (Å²) in [7, 11) is 1.55. The van der Waals surface area contributed by atoms with E-state index in [4.69, 9.17) is 9.47 Å². The summed E-state index contributed by atoms with van der Waals surface area (Å²) in [6.45, 7) is 2.41. The molecule has 0 aromatic heterocycles. The number of hydrogen-bond donors (Lipinski definition) is 2. The van der Waals surface area contributed by atoms with E-state index < -0.39 is 6.10 Å². The van der Waals surface area contributed by atoms with Crippen molar-refractivity contribution in [3.63, 3.8) is 0 Å². The first-order chi connectivity index (χ1) is 13.5. The number of rotatable bonds is 6. The maximum Gasteiger partial charge on any atom is 0.165 e. The van der Waals surface area contributed by atoms with E-state index in [9.17, 15) is 14.6 Å². The second-order valence-electron chi connectivity index (χ2n) is 7.85. The average Bonchev–Trinajstić information content (AvgIpc) is 3.21. The van der Waals surface area contributed by atoms with E-state index >= 15 is 0 Å². The molecule has 0 radical (unpaired) electrons. The lowest BCUT2D eigenvalue weighted by Gasteiger charge is -2.22. The Balaban J connectivity index is 1.30. The molecule has 1 saturated heterocycles. The lowest BCUT2D eigenvalue weighted by atomic mass is 10.0. The molecule has 0 spiro atoms. The number of likely N-dealkylation sites (tertiary alicyclic amines) is 1. The molecule has 2 aromatic carbocycles. The Morgan fingerprint density at radius 3 is 2.43 bits per heavy atom. The number of aromatic hydroxyl groups is 1. The summed E-state index contributed by atoms with van der Waals surface area (Å²) >= 11 is 0. The molecule has 2 N–H and O–H groups in total. The molecule has 0 bridgehead atoms. The third-order valence-corrected chi connectivity index (χ3v) is 5.92. The standard InChI is InChI=1S/C22H26FNO4/c1-27-18-6-7-20(23)22(10-18)28-19-8-15-11-24(12-16(15)9-19)13-21(26)14-2-4-17(25)5-3-14/h2-7,10,15-16,19,21,25-26H,8-9,11-13H2,1H3/t15-,16+,19-,21?. The fourth-order valence-electron chi connectivity index (χ4n) is 4.51. The van der Waals surface area contributed by atoms with Crippen molar-refractivity contribution in [3.8, 4) is 17.2 Å². The summed E-state index contributed by atoms with van der Waals surface area (Å²) in [6.07, 6.45) is 1.23. The lowest BCUT2D eigenvalue weighted by Crippen LogP contribution is -2.29. The number of ether oxygens (including phenoxy) is 2. The number of aliphatic hydroxyl groups excluding tert-OH is 1. The molecule has 2 aromatic rings. The molecule has 1 aliphatic carbocycles. The van der Waals surface area contributed by atoms with Gasteiger partial charge in [-0.05, 0) is 54.5 Å². The number of phenols is 1. The van der Waals surface area contributed by atoms with E-state index in [1.54, 1.807) is 43.5 Å². The quantitative estimate of drug-likeness (QED) is 0.796. The third kappa shape index (κ3) is 4.08. The van der Waals surface area contributed by atoms with Gasteiger partial charge in [0.2, 0.25) is 0 Å². The smallest absolute Gasteiger partial charge is 0.165 e. The molecule has 2 fully saturated rings. The molecule has 1 aliphatic heterocycles. The first kappa shape index (κ1) is 19.0. The first-order valence-electron chi connectivity index (χ1n) is 9.71. The van der Waals surface area contributed by atoms with Crippen LogP contribution in [0.15, 0.2) is 42.5 Å². The van der Waals surface area contributed by atoms with Crippen LogP contribution in [-0.4, -0.2) is 48.0 Å². The minimum Gasteiger partial charge on any atom is -0.508 e. The van der Waals surface area contributed by atoms with Crippen LogP contribution < -0.4 is 9.47 Å². The van der Waals surface area contributed by atoms with Gasteiger partial charge in [-0.1, -0.05) is 12.1 Å². The predicted molar refractivity (Wildman–Crippen MR) is 103 cm³/mol. The van der Waals surface area contributed by atoms with E-state index in [-0.39, 0.29) is 23.4 Å². The number of halogens is 1. The van der Waals surface area contributed by atoms with E-state index in [2.05, 4.69) is 4.90 Å². The van der Waals surface area contributed by atoms with Crippen molar-refractivity contribution < 1.29 is 24.1 Å². The van der Waals surface area contributed by atoms with Gasteiger partial charge in [0.25, 0.3) is 0 Å². The number of β-amino-alcohol motifs (C(OH)–C–C–N with tert-alkyl or cyclic N) is 1. The first-order valence-corrected chi connectivity index (χ1v) is 9.71. The Hall–Kier alpha value is -2.31. The minimum atomic E-state index is -0.572. The largest absolute Gasteiger partial charge is 0.508 e. The molecule has 1 unspecified atom stereocenters. The monoisotopic (exact) mass is 387 g/mol. The molecule has 4 atom stereocenters. The summed E-state index contributed by atoms with van der Waals surface area (Å²) in [5.74, 6) is 1.69. The number of benzene rings is 2. The van der Waals surface area contributed by atoms with Crippen molar-refractivity contribution in [2.45, 2.75) is 25.0 Å².